The van der Waals surface area contributed by atoms with Gasteiger partial charge >= 0.3 is 5.97 Å². The first kappa shape index (κ1) is 15.3. The summed E-state index contributed by atoms with van der Waals surface area (Å²) >= 11 is 0. The number of hydrogen-bond donors (Lipinski definition) is 2. The lowest BCUT2D eigenvalue weighted by atomic mass is 10.2. The number of hydrogen-bond acceptors (Lipinski definition) is 4. The van der Waals surface area contributed by atoms with Crippen molar-refractivity contribution in [3.8, 4) is 0 Å². The predicted molar refractivity (Wildman–Crippen MR) is 77.3 cm³/mol. The number of aryl methyl sites for hydroxylation is 1. The lowest BCUT2D eigenvalue weighted by Gasteiger charge is -2.05. The maximum Gasteiger partial charge on any atom is 0.354 e. The molecule has 0 atom stereocenters. The van der Waals surface area contributed by atoms with E-state index >= 15 is 0 Å². The van der Waals surface area contributed by atoms with E-state index in [1.165, 1.54) is 19.4 Å². The van der Waals surface area contributed by atoms with Crippen LogP contribution in [0.1, 0.15) is 21.6 Å². The number of sulfonamides is 1. The molecule has 0 aliphatic rings. The normalized spacial score (nSPS) is 11.3. The summed E-state index contributed by atoms with van der Waals surface area (Å²) in [6, 6.07) is 8.78. The molecule has 0 saturated carbocycles. The van der Waals surface area contributed by atoms with Gasteiger partial charge in [0.15, 0.2) is 0 Å². The first-order valence-corrected chi connectivity index (χ1v) is 7.72. The highest BCUT2D eigenvalue weighted by Gasteiger charge is 2.18. The number of rotatable bonds is 5. The molecule has 2 N–H and O–H groups in total. The number of esters is 1. The summed E-state index contributed by atoms with van der Waals surface area (Å²) < 4.78 is 31.2. The lowest BCUT2D eigenvalue weighted by Crippen LogP contribution is -2.22. The van der Waals surface area contributed by atoms with Crippen LogP contribution in [-0.4, -0.2) is 26.5 Å². The van der Waals surface area contributed by atoms with Crippen molar-refractivity contribution in [3.63, 3.8) is 0 Å². The third-order valence-corrected chi connectivity index (χ3v) is 4.34. The van der Waals surface area contributed by atoms with Crippen molar-refractivity contribution in [3.05, 3.63) is 53.3 Å². The Morgan fingerprint density at radius 3 is 2.57 bits per heavy atom. The van der Waals surface area contributed by atoms with Crippen LogP contribution in [0.2, 0.25) is 0 Å². The fourth-order valence-corrected chi connectivity index (χ4v) is 2.74. The van der Waals surface area contributed by atoms with Crippen molar-refractivity contribution < 1.29 is 17.9 Å². The molecular weight excluding hydrogens is 292 g/mol. The second kappa shape index (κ2) is 6.11. The molecule has 112 valence electrons. The van der Waals surface area contributed by atoms with Gasteiger partial charge in [-0.05, 0) is 18.6 Å². The molecule has 1 heterocycles. The molecule has 7 heteroatoms. The molecule has 2 rings (SSSR count). The zero-order valence-electron chi connectivity index (χ0n) is 11.7. The van der Waals surface area contributed by atoms with Gasteiger partial charge in [0.25, 0.3) is 0 Å². The fraction of sp³-hybridized carbons (Fsp3) is 0.214. The van der Waals surface area contributed by atoms with Crippen LogP contribution >= 0.6 is 0 Å². The van der Waals surface area contributed by atoms with Gasteiger partial charge in [0, 0.05) is 12.7 Å². The molecule has 1 aromatic carbocycles. The fourth-order valence-electron chi connectivity index (χ4n) is 1.73. The number of nitrogens with one attached hydrogen (secondary N) is 2. The molecular formula is C14H16N2O4S. The summed E-state index contributed by atoms with van der Waals surface area (Å²) in [6.45, 7) is 2.14. The summed E-state index contributed by atoms with van der Waals surface area (Å²) in [4.78, 5) is 13.9. The maximum atomic E-state index is 12.1. The lowest BCUT2D eigenvalue weighted by molar-refractivity contribution is 0.0595. The number of methoxy groups -OCH3 is 1. The molecule has 1 aromatic heterocycles. The second-order valence-electron chi connectivity index (χ2n) is 4.55. The Morgan fingerprint density at radius 1 is 1.29 bits per heavy atom. The van der Waals surface area contributed by atoms with Gasteiger partial charge in [0.2, 0.25) is 10.0 Å². The molecule has 0 unspecified atom stereocenters. The number of carbonyl (C=O) groups is 1. The smallest absolute Gasteiger partial charge is 0.354 e. The maximum absolute atomic E-state index is 12.1. The number of H-pyrrole nitrogens is 1. The molecule has 0 bridgehead atoms. The molecule has 21 heavy (non-hydrogen) atoms. The van der Waals surface area contributed by atoms with Crippen molar-refractivity contribution in [2.75, 3.05) is 7.11 Å². The Kier molecular flexibility index (Phi) is 4.44. The van der Waals surface area contributed by atoms with Gasteiger partial charge in [-0.2, -0.15) is 0 Å². The highest BCUT2D eigenvalue weighted by atomic mass is 32.2. The Bertz CT molecular complexity index is 733. The van der Waals surface area contributed by atoms with E-state index in [4.69, 9.17) is 0 Å². The number of ether oxygens (including phenoxy) is 1. The number of benzene rings is 1. The summed E-state index contributed by atoms with van der Waals surface area (Å²) in [5, 5.41) is 0. The van der Waals surface area contributed by atoms with Crippen LogP contribution < -0.4 is 4.72 Å². The average Bonchev–Trinajstić information content (AvgIpc) is 2.96. The van der Waals surface area contributed by atoms with E-state index in [0.29, 0.717) is 0 Å². The van der Waals surface area contributed by atoms with Crippen molar-refractivity contribution in [2.45, 2.75) is 18.4 Å². The van der Waals surface area contributed by atoms with Crippen LogP contribution in [0.4, 0.5) is 0 Å². The number of aromatic amines is 1. The van der Waals surface area contributed by atoms with E-state index < -0.39 is 16.0 Å². The van der Waals surface area contributed by atoms with Gasteiger partial charge < -0.3 is 9.72 Å². The van der Waals surface area contributed by atoms with Crippen LogP contribution in [0.15, 0.2) is 41.4 Å². The molecule has 0 saturated heterocycles. The molecule has 0 spiro atoms. The van der Waals surface area contributed by atoms with Gasteiger partial charge in [0.05, 0.1) is 7.11 Å². The minimum absolute atomic E-state index is 0.00462. The largest absolute Gasteiger partial charge is 0.464 e. The average molecular weight is 308 g/mol. The first-order chi connectivity index (χ1) is 9.92. The summed E-state index contributed by atoms with van der Waals surface area (Å²) in [6.07, 6.45) is 1.25. The summed E-state index contributed by atoms with van der Waals surface area (Å²) in [5.41, 5.74) is 2.05. The molecule has 6 nitrogen and oxygen atoms in total. The third-order valence-electron chi connectivity index (χ3n) is 2.96. The second-order valence-corrected chi connectivity index (χ2v) is 6.32. The van der Waals surface area contributed by atoms with Crippen LogP contribution in [0.25, 0.3) is 0 Å². The number of carbonyl (C=O) groups excluding carboxylic acids is 1. The summed E-state index contributed by atoms with van der Waals surface area (Å²) in [5.74, 6) is -0.616. The van der Waals surface area contributed by atoms with Gasteiger partial charge in [0.1, 0.15) is 10.6 Å². The molecule has 0 radical (unpaired) electrons. The van der Waals surface area contributed by atoms with Gasteiger partial charge in [-0.15, -0.1) is 0 Å². The van der Waals surface area contributed by atoms with E-state index in [1.807, 2.05) is 31.2 Å². The number of aromatic nitrogens is 1. The van der Waals surface area contributed by atoms with Crippen molar-refractivity contribution in [1.82, 2.24) is 9.71 Å². The Morgan fingerprint density at radius 2 is 1.95 bits per heavy atom. The van der Waals surface area contributed by atoms with Crippen molar-refractivity contribution in [2.24, 2.45) is 0 Å². The molecule has 0 fully saturated rings. The van der Waals surface area contributed by atoms with Crippen LogP contribution in [-0.2, 0) is 21.3 Å². The van der Waals surface area contributed by atoms with Crippen LogP contribution in [0.3, 0.4) is 0 Å². The van der Waals surface area contributed by atoms with Gasteiger partial charge in [-0.3, -0.25) is 0 Å². The Hall–Kier alpha value is -2.12. The zero-order valence-corrected chi connectivity index (χ0v) is 12.5. The molecule has 0 amide bonds. The highest BCUT2D eigenvalue weighted by molar-refractivity contribution is 7.89. The zero-order chi connectivity index (χ0) is 15.5. The summed E-state index contributed by atoms with van der Waals surface area (Å²) in [7, 11) is -2.45. The first-order valence-electron chi connectivity index (χ1n) is 6.24. The van der Waals surface area contributed by atoms with E-state index in [-0.39, 0.29) is 17.1 Å². The Labute approximate surface area is 123 Å². The SMILES string of the molecule is COC(=O)c1cc(S(=O)(=O)NCc2ccc(C)cc2)c[nH]1. The standard InChI is InChI=1S/C14H16N2O4S/c1-10-3-5-11(6-4-10)8-16-21(18,19)12-7-13(15-9-12)14(17)20-2/h3-7,9,15-16H,8H2,1-2H3. The van der Waals surface area contributed by atoms with Crippen molar-refractivity contribution >= 4 is 16.0 Å². The van der Waals surface area contributed by atoms with Gasteiger partial charge in [-0.1, -0.05) is 29.8 Å². The predicted octanol–water partition coefficient (Wildman–Crippen LogP) is 1.59. The third kappa shape index (κ3) is 3.71. The molecule has 0 aliphatic carbocycles. The van der Waals surface area contributed by atoms with Gasteiger partial charge in [-0.25, -0.2) is 17.9 Å². The van der Waals surface area contributed by atoms with Crippen LogP contribution in [0.5, 0.6) is 0 Å². The van der Waals surface area contributed by atoms with Crippen molar-refractivity contribution in [1.29, 1.82) is 0 Å². The molecule has 0 aliphatic heterocycles. The van der Waals surface area contributed by atoms with E-state index in [2.05, 4.69) is 14.4 Å². The Balaban J connectivity index is 2.09. The molecule has 2 aromatic rings. The topological polar surface area (TPSA) is 88.3 Å². The highest BCUT2D eigenvalue weighted by Crippen LogP contribution is 2.12. The van der Waals surface area contributed by atoms with E-state index in [1.54, 1.807) is 0 Å². The monoisotopic (exact) mass is 308 g/mol. The van der Waals surface area contributed by atoms with Crippen LogP contribution in [0, 0.1) is 6.92 Å². The van der Waals surface area contributed by atoms with E-state index in [0.717, 1.165) is 11.1 Å². The minimum atomic E-state index is -3.68. The quantitative estimate of drug-likeness (QED) is 0.821. The van der Waals surface area contributed by atoms with E-state index in [9.17, 15) is 13.2 Å². The minimum Gasteiger partial charge on any atom is -0.464 e.